The molecular weight excluding hydrogens is 470 g/mol. The normalized spacial score (nSPS) is 18.4. The van der Waals surface area contributed by atoms with Crippen LogP contribution in [0.3, 0.4) is 0 Å². The summed E-state index contributed by atoms with van der Waals surface area (Å²) in [4.78, 5) is 28.4. The molecule has 0 aromatic heterocycles. The Hall–Kier alpha value is -4.26. The van der Waals surface area contributed by atoms with Crippen molar-refractivity contribution < 1.29 is 28.9 Å². The van der Waals surface area contributed by atoms with E-state index in [0.717, 1.165) is 29.7 Å². The molecule has 37 heavy (non-hydrogen) atoms. The lowest BCUT2D eigenvalue weighted by Gasteiger charge is -2.26. The molecule has 1 saturated heterocycles. The van der Waals surface area contributed by atoms with Gasteiger partial charge in [-0.1, -0.05) is 18.2 Å². The van der Waals surface area contributed by atoms with Gasteiger partial charge < -0.3 is 19.3 Å². The Morgan fingerprint density at radius 3 is 2.68 bits per heavy atom. The number of hydrogen-bond acceptors (Lipinski definition) is 6. The van der Waals surface area contributed by atoms with E-state index in [1.165, 1.54) is 12.0 Å². The summed E-state index contributed by atoms with van der Waals surface area (Å²) in [6.07, 6.45) is 1.69. The Morgan fingerprint density at radius 2 is 1.92 bits per heavy atom. The van der Waals surface area contributed by atoms with Crippen LogP contribution in [-0.2, 0) is 16.0 Å². The lowest BCUT2D eigenvalue weighted by molar-refractivity contribution is -0.132. The van der Waals surface area contributed by atoms with Crippen molar-refractivity contribution in [3.8, 4) is 17.2 Å². The standard InChI is InChI=1S/C30H29NO6/c1-4-36-24-13-10-20(17-25(24)35-3)27-26(28(32)21-11-12-23-19(16-21)8-6-14-37-23)29(33)30(34)31(27)22-9-5-7-18(2)15-22/h5,7,9-13,15-17,27,32H,4,6,8,14H2,1-3H3/b28-26+. The van der Waals surface area contributed by atoms with E-state index in [1.807, 2.05) is 38.1 Å². The zero-order valence-corrected chi connectivity index (χ0v) is 21.1. The number of methoxy groups -OCH3 is 1. The molecule has 0 bridgehead atoms. The number of hydrogen-bond donors (Lipinski definition) is 1. The van der Waals surface area contributed by atoms with E-state index < -0.39 is 17.7 Å². The zero-order valence-electron chi connectivity index (χ0n) is 21.1. The van der Waals surface area contributed by atoms with Crippen LogP contribution in [0, 0.1) is 6.92 Å². The van der Waals surface area contributed by atoms with Crippen LogP contribution in [0.25, 0.3) is 5.76 Å². The Kier molecular flexibility index (Phi) is 6.61. The number of carbonyl (C=O) groups excluding carboxylic acids is 2. The predicted molar refractivity (Wildman–Crippen MR) is 140 cm³/mol. The number of amides is 1. The molecule has 3 aromatic rings. The lowest BCUT2D eigenvalue weighted by Crippen LogP contribution is -2.29. The number of aliphatic hydroxyl groups is 1. The third-order valence-electron chi connectivity index (χ3n) is 6.71. The summed E-state index contributed by atoms with van der Waals surface area (Å²) < 4.78 is 16.9. The Bertz CT molecular complexity index is 1410. The van der Waals surface area contributed by atoms with Crippen LogP contribution in [0.5, 0.6) is 17.2 Å². The smallest absolute Gasteiger partial charge is 0.300 e. The average Bonchev–Trinajstić information content (AvgIpc) is 3.18. The molecule has 1 unspecified atom stereocenters. The van der Waals surface area contributed by atoms with Crippen molar-refractivity contribution in [1.29, 1.82) is 0 Å². The number of ether oxygens (including phenoxy) is 3. The summed E-state index contributed by atoms with van der Waals surface area (Å²) >= 11 is 0. The largest absolute Gasteiger partial charge is 0.507 e. The van der Waals surface area contributed by atoms with Crippen molar-refractivity contribution in [2.24, 2.45) is 0 Å². The first-order chi connectivity index (χ1) is 17.9. The van der Waals surface area contributed by atoms with Crippen molar-refractivity contribution in [2.75, 3.05) is 25.2 Å². The Balaban J connectivity index is 1.70. The number of benzene rings is 3. The average molecular weight is 500 g/mol. The maximum absolute atomic E-state index is 13.5. The van der Waals surface area contributed by atoms with Crippen LogP contribution in [-0.4, -0.2) is 37.1 Å². The number of carbonyl (C=O) groups is 2. The Labute approximate surface area is 215 Å². The predicted octanol–water partition coefficient (Wildman–Crippen LogP) is 5.35. The van der Waals surface area contributed by atoms with E-state index in [-0.39, 0.29) is 11.3 Å². The first kappa shape index (κ1) is 24.4. The van der Waals surface area contributed by atoms with Gasteiger partial charge in [0.2, 0.25) is 0 Å². The van der Waals surface area contributed by atoms with Gasteiger partial charge in [-0.2, -0.15) is 0 Å². The van der Waals surface area contributed by atoms with Crippen molar-refractivity contribution in [3.05, 3.63) is 88.5 Å². The molecule has 190 valence electrons. The molecule has 2 aliphatic rings. The molecule has 5 rings (SSSR count). The number of aliphatic hydroxyl groups excluding tert-OH is 1. The summed E-state index contributed by atoms with van der Waals surface area (Å²) in [6.45, 7) is 4.91. The van der Waals surface area contributed by atoms with Crippen LogP contribution >= 0.6 is 0 Å². The topological polar surface area (TPSA) is 85.3 Å². The van der Waals surface area contributed by atoms with Gasteiger partial charge in [0.15, 0.2) is 11.5 Å². The molecule has 1 amide bonds. The van der Waals surface area contributed by atoms with Gasteiger partial charge in [-0.25, -0.2) is 0 Å². The van der Waals surface area contributed by atoms with Gasteiger partial charge in [-0.15, -0.1) is 0 Å². The van der Waals surface area contributed by atoms with Gasteiger partial charge in [-0.3, -0.25) is 14.5 Å². The first-order valence-corrected chi connectivity index (χ1v) is 12.4. The lowest BCUT2D eigenvalue weighted by atomic mass is 9.93. The second-order valence-electron chi connectivity index (χ2n) is 9.13. The molecule has 7 heteroatoms. The van der Waals surface area contributed by atoms with Crippen molar-refractivity contribution in [3.63, 3.8) is 0 Å². The molecule has 7 nitrogen and oxygen atoms in total. The van der Waals surface area contributed by atoms with Gasteiger partial charge >= 0.3 is 0 Å². The van der Waals surface area contributed by atoms with Gasteiger partial charge in [0.25, 0.3) is 11.7 Å². The molecule has 2 aliphatic heterocycles. The maximum atomic E-state index is 13.5. The summed E-state index contributed by atoms with van der Waals surface area (Å²) in [5, 5.41) is 11.5. The monoisotopic (exact) mass is 499 g/mol. The van der Waals surface area contributed by atoms with Crippen LogP contribution < -0.4 is 19.1 Å². The van der Waals surface area contributed by atoms with Gasteiger partial charge in [0.05, 0.1) is 31.9 Å². The highest BCUT2D eigenvalue weighted by molar-refractivity contribution is 6.51. The van der Waals surface area contributed by atoms with Crippen molar-refractivity contribution in [1.82, 2.24) is 0 Å². The Morgan fingerprint density at radius 1 is 1.08 bits per heavy atom. The highest BCUT2D eigenvalue weighted by Gasteiger charge is 2.47. The number of Topliss-reactive ketones (excluding diaryl/α,β-unsaturated/α-hetero) is 1. The molecule has 0 radical (unpaired) electrons. The molecule has 1 atom stereocenters. The first-order valence-electron chi connectivity index (χ1n) is 12.4. The molecular formula is C30H29NO6. The van der Waals surface area contributed by atoms with Crippen LogP contribution in [0.4, 0.5) is 5.69 Å². The third-order valence-corrected chi connectivity index (χ3v) is 6.71. The number of anilines is 1. The zero-order chi connectivity index (χ0) is 26.1. The van der Waals surface area contributed by atoms with Crippen LogP contribution in [0.1, 0.15) is 41.6 Å². The second-order valence-corrected chi connectivity index (χ2v) is 9.13. The van der Waals surface area contributed by atoms with E-state index in [0.29, 0.717) is 41.5 Å². The van der Waals surface area contributed by atoms with Crippen molar-refractivity contribution in [2.45, 2.75) is 32.7 Å². The van der Waals surface area contributed by atoms with Gasteiger partial charge in [0.1, 0.15) is 11.5 Å². The fraction of sp³-hybridized carbons (Fsp3) is 0.267. The van der Waals surface area contributed by atoms with Crippen LogP contribution in [0.2, 0.25) is 0 Å². The quantitative estimate of drug-likeness (QED) is 0.279. The molecule has 0 saturated carbocycles. The van der Waals surface area contributed by atoms with Gasteiger partial charge in [0, 0.05) is 11.3 Å². The minimum atomic E-state index is -0.862. The van der Waals surface area contributed by atoms with E-state index in [9.17, 15) is 14.7 Å². The highest BCUT2D eigenvalue weighted by atomic mass is 16.5. The minimum absolute atomic E-state index is 0.0226. The maximum Gasteiger partial charge on any atom is 0.300 e. The molecule has 0 aliphatic carbocycles. The molecule has 0 spiro atoms. The number of fused-ring (bicyclic) bond motifs is 1. The summed E-state index contributed by atoms with van der Waals surface area (Å²) in [6, 6.07) is 17.2. The minimum Gasteiger partial charge on any atom is -0.507 e. The number of ketones is 1. The fourth-order valence-corrected chi connectivity index (χ4v) is 4.98. The SMILES string of the molecule is CCOc1ccc(C2/C(=C(\O)c3ccc4c(c3)CCCO4)C(=O)C(=O)N2c2cccc(C)c2)cc1OC. The van der Waals surface area contributed by atoms with Crippen molar-refractivity contribution >= 4 is 23.1 Å². The molecule has 2 heterocycles. The third kappa shape index (κ3) is 4.42. The number of rotatable bonds is 6. The summed E-state index contributed by atoms with van der Waals surface area (Å²) in [5.41, 5.74) is 3.57. The van der Waals surface area contributed by atoms with E-state index in [1.54, 1.807) is 36.4 Å². The second kappa shape index (κ2) is 10.0. The number of nitrogens with zero attached hydrogens (tertiary/aromatic N) is 1. The van der Waals surface area contributed by atoms with Gasteiger partial charge in [-0.05, 0) is 85.8 Å². The summed E-state index contributed by atoms with van der Waals surface area (Å²) in [5.74, 6) is 0.128. The van der Waals surface area contributed by atoms with Crippen LogP contribution in [0.15, 0.2) is 66.2 Å². The van der Waals surface area contributed by atoms with E-state index in [2.05, 4.69) is 0 Å². The van der Waals surface area contributed by atoms with E-state index >= 15 is 0 Å². The summed E-state index contributed by atoms with van der Waals surface area (Å²) in [7, 11) is 1.54. The number of aryl methyl sites for hydroxylation is 2. The highest BCUT2D eigenvalue weighted by Crippen LogP contribution is 2.44. The molecule has 3 aromatic carbocycles. The fourth-order valence-electron chi connectivity index (χ4n) is 4.98. The van der Waals surface area contributed by atoms with E-state index in [4.69, 9.17) is 14.2 Å². The molecule has 1 N–H and O–H groups in total. The molecule has 1 fully saturated rings.